The van der Waals surface area contributed by atoms with Gasteiger partial charge in [0.05, 0.1) is 0 Å². The molecular formula is C14H24N4. The van der Waals surface area contributed by atoms with Crippen LogP contribution in [0.4, 0.5) is 5.82 Å². The van der Waals surface area contributed by atoms with E-state index < -0.39 is 0 Å². The number of pyridine rings is 1. The molecule has 1 aromatic heterocycles. The maximum atomic E-state index is 5.92. The number of likely N-dealkylation sites (N-methyl/N-ethyl adjacent to an activating group) is 1. The molecule has 2 N–H and O–H groups in total. The number of hydrogen-bond acceptors (Lipinski definition) is 4. The lowest BCUT2D eigenvalue weighted by atomic mass is 10.1. The quantitative estimate of drug-likeness (QED) is 0.881. The fourth-order valence-corrected chi connectivity index (χ4v) is 2.49. The molecule has 1 aliphatic rings. The van der Waals surface area contributed by atoms with Crippen molar-refractivity contribution in [3.05, 3.63) is 23.4 Å². The molecule has 0 aromatic carbocycles. The minimum atomic E-state index is 0.0588. The SMILES string of the molecule is CCN1CCN(c2cc(C)c(C(C)N)cn2)CC1. The maximum absolute atomic E-state index is 5.92. The first-order valence-electron chi connectivity index (χ1n) is 6.81. The predicted octanol–water partition coefficient (Wildman–Crippen LogP) is 1.55. The van der Waals surface area contributed by atoms with Gasteiger partial charge in [-0.25, -0.2) is 4.98 Å². The molecule has 1 aromatic rings. The number of hydrogen-bond donors (Lipinski definition) is 1. The summed E-state index contributed by atoms with van der Waals surface area (Å²) in [7, 11) is 0. The number of nitrogens with zero attached hydrogens (tertiary/aromatic N) is 3. The van der Waals surface area contributed by atoms with Gasteiger partial charge in [0, 0.05) is 38.4 Å². The predicted molar refractivity (Wildman–Crippen MR) is 75.9 cm³/mol. The fourth-order valence-electron chi connectivity index (χ4n) is 2.49. The van der Waals surface area contributed by atoms with E-state index in [-0.39, 0.29) is 6.04 Å². The van der Waals surface area contributed by atoms with Crippen molar-refractivity contribution in [1.82, 2.24) is 9.88 Å². The third-order valence-electron chi connectivity index (χ3n) is 3.77. The van der Waals surface area contributed by atoms with Crippen LogP contribution in [0.25, 0.3) is 0 Å². The first kappa shape index (κ1) is 13.3. The Balaban J connectivity index is 2.08. The van der Waals surface area contributed by atoms with Gasteiger partial charge in [-0.05, 0) is 37.6 Å². The summed E-state index contributed by atoms with van der Waals surface area (Å²) in [6.45, 7) is 11.9. The fraction of sp³-hybridized carbons (Fsp3) is 0.643. The number of nitrogens with two attached hydrogens (primary N) is 1. The van der Waals surface area contributed by atoms with E-state index in [0.717, 1.165) is 44.1 Å². The van der Waals surface area contributed by atoms with Crippen LogP contribution >= 0.6 is 0 Å². The van der Waals surface area contributed by atoms with Gasteiger partial charge in [0.1, 0.15) is 5.82 Å². The van der Waals surface area contributed by atoms with Gasteiger partial charge < -0.3 is 15.5 Å². The van der Waals surface area contributed by atoms with Crippen LogP contribution in [0.3, 0.4) is 0 Å². The lowest BCUT2D eigenvalue weighted by molar-refractivity contribution is 0.270. The summed E-state index contributed by atoms with van der Waals surface area (Å²) in [6, 6.07) is 2.23. The second kappa shape index (κ2) is 5.67. The van der Waals surface area contributed by atoms with E-state index in [1.54, 1.807) is 0 Å². The molecule has 1 saturated heterocycles. The van der Waals surface area contributed by atoms with Gasteiger partial charge >= 0.3 is 0 Å². The molecular weight excluding hydrogens is 224 g/mol. The Bertz CT molecular complexity index is 395. The van der Waals surface area contributed by atoms with E-state index in [0.29, 0.717) is 0 Å². The van der Waals surface area contributed by atoms with Crippen molar-refractivity contribution in [2.45, 2.75) is 26.8 Å². The highest BCUT2D eigenvalue weighted by Crippen LogP contribution is 2.20. The molecule has 0 bridgehead atoms. The Morgan fingerprint density at radius 2 is 2.00 bits per heavy atom. The van der Waals surface area contributed by atoms with Crippen LogP contribution in [0.15, 0.2) is 12.3 Å². The van der Waals surface area contributed by atoms with Crippen LogP contribution < -0.4 is 10.6 Å². The summed E-state index contributed by atoms with van der Waals surface area (Å²) < 4.78 is 0. The molecule has 0 spiro atoms. The molecule has 0 saturated carbocycles. The van der Waals surface area contributed by atoms with Gasteiger partial charge in [-0.3, -0.25) is 0 Å². The van der Waals surface area contributed by atoms with Gasteiger partial charge in [0.2, 0.25) is 0 Å². The molecule has 4 nitrogen and oxygen atoms in total. The summed E-state index contributed by atoms with van der Waals surface area (Å²) in [5.41, 5.74) is 8.31. The lowest BCUT2D eigenvalue weighted by Crippen LogP contribution is -2.46. The molecule has 100 valence electrons. The average molecular weight is 248 g/mol. The Hall–Kier alpha value is -1.13. The molecule has 1 atom stereocenters. The molecule has 2 heterocycles. The van der Waals surface area contributed by atoms with Crippen molar-refractivity contribution in [3.8, 4) is 0 Å². The standard InChI is InChI=1S/C14H24N4/c1-4-17-5-7-18(8-6-17)14-9-11(2)13(10-16-14)12(3)15/h9-10,12H,4-8,15H2,1-3H3. The van der Waals surface area contributed by atoms with E-state index in [4.69, 9.17) is 5.73 Å². The number of piperazine rings is 1. The third kappa shape index (κ3) is 2.82. The minimum Gasteiger partial charge on any atom is -0.354 e. The summed E-state index contributed by atoms with van der Waals surface area (Å²) in [6.07, 6.45) is 1.93. The van der Waals surface area contributed by atoms with E-state index >= 15 is 0 Å². The molecule has 0 aliphatic carbocycles. The summed E-state index contributed by atoms with van der Waals surface area (Å²) in [5.74, 6) is 1.09. The first-order chi connectivity index (χ1) is 8.61. The maximum Gasteiger partial charge on any atom is 0.128 e. The second-order valence-corrected chi connectivity index (χ2v) is 5.11. The van der Waals surface area contributed by atoms with E-state index in [2.05, 4.69) is 34.7 Å². The molecule has 0 radical (unpaired) electrons. The molecule has 18 heavy (non-hydrogen) atoms. The van der Waals surface area contributed by atoms with Gasteiger partial charge in [-0.2, -0.15) is 0 Å². The first-order valence-corrected chi connectivity index (χ1v) is 6.81. The zero-order valence-electron chi connectivity index (χ0n) is 11.7. The molecule has 1 unspecified atom stereocenters. The van der Waals surface area contributed by atoms with Gasteiger partial charge in [-0.1, -0.05) is 6.92 Å². The van der Waals surface area contributed by atoms with Crippen LogP contribution in [0.2, 0.25) is 0 Å². The van der Waals surface area contributed by atoms with E-state index in [1.807, 2.05) is 13.1 Å². The van der Waals surface area contributed by atoms with Gasteiger partial charge in [0.25, 0.3) is 0 Å². The van der Waals surface area contributed by atoms with Crippen LogP contribution in [-0.2, 0) is 0 Å². The van der Waals surface area contributed by atoms with Crippen LogP contribution in [-0.4, -0.2) is 42.6 Å². The third-order valence-corrected chi connectivity index (χ3v) is 3.77. The molecule has 2 rings (SSSR count). The zero-order valence-corrected chi connectivity index (χ0v) is 11.7. The van der Waals surface area contributed by atoms with Crippen molar-refractivity contribution in [1.29, 1.82) is 0 Å². The van der Waals surface area contributed by atoms with Crippen molar-refractivity contribution >= 4 is 5.82 Å². The number of aromatic nitrogens is 1. The number of aryl methyl sites for hydroxylation is 1. The summed E-state index contributed by atoms with van der Waals surface area (Å²) in [4.78, 5) is 9.40. The monoisotopic (exact) mass is 248 g/mol. The Kier molecular flexibility index (Phi) is 4.19. The topological polar surface area (TPSA) is 45.4 Å². The zero-order chi connectivity index (χ0) is 13.1. The highest BCUT2D eigenvalue weighted by Gasteiger charge is 2.17. The Morgan fingerprint density at radius 3 is 2.50 bits per heavy atom. The number of rotatable bonds is 3. The van der Waals surface area contributed by atoms with Crippen LogP contribution in [0.5, 0.6) is 0 Å². The van der Waals surface area contributed by atoms with Crippen molar-refractivity contribution < 1.29 is 0 Å². The lowest BCUT2D eigenvalue weighted by Gasteiger charge is -2.35. The van der Waals surface area contributed by atoms with Crippen LogP contribution in [0, 0.1) is 6.92 Å². The Labute approximate surface area is 110 Å². The molecule has 1 aliphatic heterocycles. The van der Waals surface area contributed by atoms with E-state index in [9.17, 15) is 0 Å². The minimum absolute atomic E-state index is 0.0588. The summed E-state index contributed by atoms with van der Waals surface area (Å²) >= 11 is 0. The largest absolute Gasteiger partial charge is 0.354 e. The number of anilines is 1. The molecule has 4 heteroatoms. The van der Waals surface area contributed by atoms with Crippen molar-refractivity contribution in [3.63, 3.8) is 0 Å². The average Bonchev–Trinajstić information content (AvgIpc) is 2.38. The van der Waals surface area contributed by atoms with E-state index in [1.165, 1.54) is 5.56 Å². The molecule has 0 amide bonds. The normalized spacial score (nSPS) is 19.0. The van der Waals surface area contributed by atoms with Gasteiger partial charge in [0.15, 0.2) is 0 Å². The van der Waals surface area contributed by atoms with Gasteiger partial charge in [-0.15, -0.1) is 0 Å². The highest BCUT2D eigenvalue weighted by molar-refractivity contribution is 5.44. The second-order valence-electron chi connectivity index (χ2n) is 5.11. The summed E-state index contributed by atoms with van der Waals surface area (Å²) in [5, 5.41) is 0. The van der Waals surface area contributed by atoms with Crippen molar-refractivity contribution in [2.24, 2.45) is 5.73 Å². The van der Waals surface area contributed by atoms with Crippen molar-refractivity contribution in [2.75, 3.05) is 37.6 Å². The smallest absolute Gasteiger partial charge is 0.128 e. The molecule has 1 fully saturated rings. The Morgan fingerprint density at radius 1 is 1.33 bits per heavy atom. The van der Waals surface area contributed by atoms with Crippen LogP contribution in [0.1, 0.15) is 31.0 Å². The highest BCUT2D eigenvalue weighted by atomic mass is 15.3.